The molecular weight excluding hydrogens is 260 g/mol. The highest BCUT2D eigenvalue weighted by molar-refractivity contribution is 6.84. The van der Waals surface area contributed by atoms with Crippen LogP contribution in [0.4, 0.5) is 0 Å². The van der Waals surface area contributed by atoms with Gasteiger partial charge in [-0.2, -0.15) is 0 Å². The number of hydrogen-bond donors (Lipinski definition) is 0. The predicted molar refractivity (Wildman–Crippen MR) is 83.5 cm³/mol. The summed E-state index contributed by atoms with van der Waals surface area (Å²) in [5, 5.41) is 0. The third-order valence-corrected chi connectivity index (χ3v) is 11.7. The molecular formula is C12H29O2Si3. The first-order valence-corrected chi connectivity index (χ1v) is 14.8. The molecule has 1 radical (unpaired) electrons. The van der Waals surface area contributed by atoms with E-state index < -0.39 is 25.9 Å². The maximum Gasteiger partial charge on any atom is 0.311 e. The molecule has 0 spiro atoms. The largest absolute Gasteiger partial charge is 0.437 e. The quantitative estimate of drug-likeness (QED) is 0.353. The smallest absolute Gasteiger partial charge is 0.311 e. The van der Waals surface area contributed by atoms with Crippen LogP contribution in [0.1, 0.15) is 19.3 Å². The molecule has 0 saturated heterocycles. The van der Waals surface area contributed by atoms with Crippen LogP contribution in [-0.2, 0) is 8.23 Å². The second kappa shape index (κ2) is 7.68. The maximum atomic E-state index is 6.37. The molecule has 0 aliphatic rings. The van der Waals surface area contributed by atoms with E-state index in [4.69, 9.17) is 8.23 Å². The number of hydrogen-bond acceptors (Lipinski definition) is 2. The van der Waals surface area contributed by atoms with E-state index in [0.29, 0.717) is 0 Å². The number of allylic oxidation sites excluding steroid dienone is 1. The van der Waals surface area contributed by atoms with Crippen LogP contribution in [0.5, 0.6) is 0 Å². The summed E-state index contributed by atoms with van der Waals surface area (Å²) >= 11 is 0. The first-order valence-electron chi connectivity index (χ1n) is 6.49. The van der Waals surface area contributed by atoms with Gasteiger partial charge in [0.2, 0.25) is 0 Å². The lowest BCUT2D eigenvalue weighted by Gasteiger charge is -2.34. The fourth-order valence-electron chi connectivity index (χ4n) is 2.07. The van der Waals surface area contributed by atoms with E-state index >= 15 is 0 Å². The van der Waals surface area contributed by atoms with E-state index in [2.05, 4.69) is 45.9 Å². The van der Waals surface area contributed by atoms with Crippen molar-refractivity contribution in [2.75, 3.05) is 0 Å². The molecule has 0 aromatic heterocycles. The van der Waals surface area contributed by atoms with Gasteiger partial charge in [-0.3, -0.25) is 0 Å². The second-order valence-corrected chi connectivity index (χ2v) is 16.1. The highest BCUT2D eigenvalue weighted by Gasteiger charge is 2.34. The summed E-state index contributed by atoms with van der Waals surface area (Å²) in [4.78, 5) is 0. The monoisotopic (exact) mass is 289 g/mol. The molecule has 0 saturated carbocycles. The zero-order valence-electron chi connectivity index (χ0n) is 12.4. The highest BCUT2D eigenvalue weighted by atomic mass is 28.5. The van der Waals surface area contributed by atoms with Crippen LogP contribution in [-0.4, -0.2) is 25.9 Å². The first kappa shape index (κ1) is 17.3. The lowest BCUT2D eigenvalue weighted by Crippen LogP contribution is -2.48. The molecule has 101 valence electrons. The van der Waals surface area contributed by atoms with Crippen LogP contribution in [0.25, 0.3) is 0 Å². The Balaban J connectivity index is 4.08. The summed E-state index contributed by atoms with van der Waals surface area (Å²) in [6.45, 7) is 17.1. The van der Waals surface area contributed by atoms with Gasteiger partial charge in [0.05, 0.1) is 0 Å². The van der Waals surface area contributed by atoms with E-state index in [1.807, 2.05) is 6.08 Å². The van der Waals surface area contributed by atoms with E-state index in [0.717, 1.165) is 6.42 Å². The molecule has 0 aliphatic heterocycles. The minimum atomic E-state index is -1.88. The highest BCUT2D eigenvalue weighted by Crippen LogP contribution is 2.22. The Hall–Kier alpha value is 0.311. The third kappa shape index (κ3) is 9.96. The van der Waals surface area contributed by atoms with Gasteiger partial charge in [0, 0.05) is 0 Å². The van der Waals surface area contributed by atoms with Crippen LogP contribution < -0.4 is 0 Å². The minimum absolute atomic E-state index is 0.646. The van der Waals surface area contributed by atoms with E-state index in [-0.39, 0.29) is 0 Å². The van der Waals surface area contributed by atoms with Gasteiger partial charge in [0.15, 0.2) is 17.4 Å². The van der Waals surface area contributed by atoms with Crippen molar-refractivity contribution in [2.45, 2.75) is 64.6 Å². The summed E-state index contributed by atoms with van der Waals surface area (Å²) < 4.78 is 12.4. The van der Waals surface area contributed by atoms with Crippen LogP contribution >= 0.6 is 0 Å². The van der Waals surface area contributed by atoms with Gasteiger partial charge in [0.25, 0.3) is 0 Å². The van der Waals surface area contributed by atoms with Gasteiger partial charge in [-0.25, -0.2) is 0 Å². The van der Waals surface area contributed by atoms with Crippen molar-refractivity contribution in [3.05, 3.63) is 12.7 Å². The molecule has 0 N–H and O–H groups in total. The third-order valence-electron chi connectivity index (χ3n) is 2.41. The molecule has 2 nitrogen and oxygen atoms in total. The maximum absolute atomic E-state index is 6.37. The first-order chi connectivity index (χ1) is 7.68. The molecule has 0 atom stereocenters. The van der Waals surface area contributed by atoms with Crippen LogP contribution in [0.3, 0.4) is 0 Å². The SMILES string of the molecule is C=CCCCC[Si](C)(C)O[Si](C)(C)O[Si](C)C. The molecule has 0 aromatic rings. The molecule has 0 aliphatic carbocycles. The zero-order valence-corrected chi connectivity index (χ0v) is 15.4. The van der Waals surface area contributed by atoms with Crippen molar-refractivity contribution in [1.82, 2.24) is 0 Å². The van der Waals surface area contributed by atoms with Crippen LogP contribution in [0, 0.1) is 0 Å². The molecule has 0 fully saturated rings. The van der Waals surface area contributed by atoms with Gasteiger partial charge < -0.3 is 8.23 Å². The lowest BCUT2D eigenvalue weighted by atomic mass is 10.2. The second-order valence-electron chi connectivity index (χ2n) is 5.81. The Kier molecular flexibility index (Phi) is 7.82. The zero-order chi connectivity index (χ0) is 13.5. The van der Waals surface area contributed by atoms with Gasteiger partial charge in [-0.05, 0) is 51.7 Å². The molecule has 0 amide bonds. The summed E-state index contributed by atoms with van der Waals surface area (Å²) in [5.41, 5.74) is 0. The average Bonchev–Trinajstić information content (AvgIpc) is 2.08. The minimum Gasteiger partial charge on any atom is -0.437 e. The fourth-order valence-corrected chi connectivity index (χ4v) is 13.4. The van der Waals surface area contributed by atoms with Gasteiger partial charge in [0.1, 0.15) is 0 Å². The summed E-state index contributed by atoms with van der Waals surface area (Å²) in [5.74, 6) is 0. The Bertz CT molecular complexity index is 228. The molecule has 0 unspecified atom stereocenters. The molecule has 0 heterocycles. The van der Waals surface area contributed by atoms with Crippen LogP contribution in [0.2, 0.25) is 45.3 Å². The van der Waals surface area contributed by atoms with E-state index in [1.165, 1.54) is 18.9 Å². The van der Waals surface area contributed by atoms with Crippen molar-refractivity contribution in [3.8, 4) is 0 Å². The number of unbranched alkanes of at least 4 members (excludes halogenated alkanes) is 2. The lowest BCUT2D eigenvalue weighted by molar-refractivity contribution is 0.399. The van der Waals surface area contributed by atoms with Crippen molar-refractivity contribution in [1.29, 1.82) is 0 Å². The van der Waals surface area contributed by atoms with Gasteiger partial charge >= 0.3 is 8.56 Å². The molecule has 0 rings (SSSR count). The topological polar surface area (TPSA) is 18.5 Å². The Labute approximate surface area is 112 Å². The van der Waals surface area contributed by atoms with Gasteiger partial charge in [-0.15, -0.1) is 6.58 Å². The standard InChI is InChI=1S/C12H29O2Si3/c1-8-9-10-11-12-16(4,5)14-17(6,7)13-15(2)3/h8H,1,9-12H2,2-7H3. The van der Waals surface area contributed by atoms with Crippen molar-refractivity contribution in [3.63, 3.8) is 0 Å². The summed E-state index contributed by atoms with van der Waals surface area (Å²) in [7, 11) is -4.07. The van der Waals surface area contributed by atoms with Crippen molar-refractivity contribution in [2.24, 2.45) is 0 Å². The predicted octanol–water partition coefficient (Wildman–Crippen LogP) is 4.53. The van der Waals surface area contributed by atoms with Crippen LogP contribution in [0.15, 0.2) is 12.7 Å². The Morgan fingerprint density at radius 3 is 2.18 bits per heavy atom. The molecule has 5 heteroatoms. The molecule has 0 bridgehead atoms. The summed E-state index contributed by atoms with van der Waals surface area (Å²) in [6.07, 6.45) is 5.62. The number of rotatable bonds is 9. The van der Waals surface area contributed by atoms with Crippen molar-refractivity contribution >= 4 is 25.9 Å². The van der Waals surface area contributed by atoms with E-state index in [1.54, 1.807) is 0 Å². The average molecular weight is 290 g/mol. The summed E-state index contributed by atoms with van der Waals surface area (Å²) in [6, 6.07) is 1.23. The fraction of sp³-hybridized carbons (Fsp3) is 0.833. The Morgan fingerprint density at radius 2 is 1.71 bits per heavy atom. The normalized spacial score (nSPS) is 13.1. The molecule has 17 heavy (non-hydrogen) atoms. The Morgan fingerprint density at radius 1 is 1.12 bits per heavy atom. The van der Waals surface area contributed by atoms with Gasteiger partial charge in [-0.1, -0.05) is 18.9 Å². The molecule has 0 aromatic carbocycles. The van der Waals surface area contributed by atoms with E-state index in [9.17, 15) is 0 Å². The van der Waals surface area contributed by atoms with Crippen molar-refractivity contribution < 1.29 is 8.23 Å².